The van der Waals surface area contributed by atoms with Crippen molar-refractivity contribution < 1.29 is 14.3 Å². The highest BCUT2D eigenvalue weighted by atomic mass is 79.9. The third-order valence-electron chi connectivity index (χ3n) is 4.46. The molecule has 0 bridgehead atoms. The van der Waals surface area contributed by atoms with Gasteiger partial charge in [0.2, 0.25) is 6.79 Å². The van der Waals surface area contributed by atoms with E-state index in [-0.39, 0.29) is 18.9 Å². The van der Waals surface area contributed by atoms with E-state index in [0.29, 0.717) is 27.2 Å². The first-order valence-corrected chi connectivity index (χ1v) is 9.50. The van der Waals surface area contributed by atoms with Crippen LogP contribution in [0, 0.1) is 6.92 Å². The molecular weight excluding hydrogens is 442 g/mol. The molecular formula is C20H16BrN3O5. The van der Waals surface area contributed by atoms with Gasteiger partial charge in [0.1, 0.15) is 5.56 Å². The lowest BCUT2D eigenvalue weighted by atomic mass is 10.2. The Morgan fingerprint density at radius 2 is 1.97 bits per heavy atom. The normalized spacial score (nSPS) is 12.1. The number of fused-ring (bicyclic) bond motifs is 1. The lowest BCUT2D eigenvalue weighted by Gasteiger charge is -2.10. The van der Waals surface area contributed by atoms with Crippen LogP contribution >= 0.6 is 15.9 Å². The average molecular weight is 458 g/mol. The van der Waals surface area contributed by atoms with E-state index < -0.39 is 17.2 Å². The predicted octanol–water partition coefficient (Wildman–Crippen LogP) is 2.64. The molecule has 0 aliphatic carbocycles. The second-order valence-corrected chi connectivity index (χ2v) is 7.38. The lowest BCUT2D eigenvalue weighted by Crippen LogP contribution is -2.39. The van der Waals surface area contributed by atoms with Crippen molar-refractivity contribution in [1.29, 1.82) is 0 Å². The van der Waals surface area contributed by atoms with Gasteiger partial charge in [0.15, 0.2) is 11.5 Å². The van der Waals surface area contributed by atoms with Gasteiger partial charge in [-0.2, -0.15) is 0 Å². The molecule has 0 saturated heterocycles. The van der Waals surface area contributed by atoms with Crippen LogP contribution in [0.2, 0.25) is 0 Å². The Morgan fingerprint density at radius 1 is 1.17 bits per heavy atom. The van der Waals surface area contributed by atoms with Crippen LogP contribution in [0.25, 0.3) is 0 Å². The van der Waals surface area contributed by atoms with Gasteiger partial charge in [-0.3, -0.25) is 14.2 Å². The molecule has 2 N–H and O–H groups in total. The van der Waals surface area contributed by atoms with E-state index in [1.165, 1.54) is 0 Å². The van der Waals surface area contributed by atoms with Crippen molar-refractivity contribution in [2.75, 3.05) is 12.1 Å². The van der Waals surface area contributed by atoms with Crippen LogP contribution in [0.5, 0.6) is 11.5 Å². The molecule has 0 radical (unpaired) electrons. The van der Waals surface area contributed by atoms with Crippen molar-refractivity contribution in [3.05, 3.63) is 84.6 Å². The Morgan fingerprint density at radius 3 is 2.76 bits per heavy atom. The van der Waals surface area contributed by atoms with E-state index in [1.807, 2.05) is 19.1 Å². The van der Waals surface area contributed by atoms with Gasteiger partial charge in [0, 0.05) is 10.7 Å². The molecule has 148 valence electrons. The van der Waals surface area contributed by atoms with Crippen molar-refractivity contribution in [2.24, 2.45) is 0 Å². The molecule has 29 heavy (non-hydrogen) atoms. The Labute approximate surface area is 173 Å². The molecule has 1 aliphatic rings. The molecule has 9 heteroatoms. The average Bonchev–Trinajstić information content (AvgIpc) is 3.15. The summed E-state index contributed by atoms with van der Waals surface area (Å²) in [6, 6.07) is 10.6. The number of hydrogen-bond acceptors (Lipinski definition) is 5. The predicted molar refractivity (Wildman–Crippen MR) is 110 cm³/mol. The molecule has 3 aromatic rings. The van der Waals surface area contributed by atoms with Gasteiger partial charge in [-0.15, -0.1) is 0 Å². The van der Waals surface area contributed by atoms with Crippen molar-refractivity contribution in [1.82, 2.24) is 9.55 Å². The van der Waals surface area contributed by atoms with Crippen molar-refractivity contribution in [3.63, 3.8) is 0 Å². The molecule has 2 heterocycles. The summed E-state index contributed by atoms with van der Waals surface area (Å²) in [6.45, 7) is 2.04. The van der Waals surface area contributed by atoms with Gasteiger partial charge >= 0.3 is 5.69 Å². The number of halogens is 1. The molecule has 2 aromatic carbocycles. The van der Waals surface area contributed by atoms with Gasteiger partial charge in [0.05, 0.1) is 12.2 Å². The first kappa shape index (κ1) is 19.0. The number of aromatic nitrogens is 2. The van der Waals surface area contributed by atoms with Gasteiger partial charge in [-0.05, 0) is 58.2 Å². The number of nitrogens with one attached hydrogen (secondary N) is 2. The van der Waals surface area contributed by atoms with E-state index in [4.69, 9.17) is 9.47 Å². The Bertz CT molecular complexity index is 1230. The van der Waals surface area contributed by atoms with Crippen LogP contribution in [0.3, 0.4) is 0 Å². The number of aromatic amines is 1. The molecule has 4 rings (SSSR count). The number of nitrogens with zero attached hydrogens (tertiary/aromatic N) is 1. The molecule has 0 spiro atoms. The zero-order valence-electron chi connectivity index (χ0n) is 15.3. The van der Waals surface area contributed by atoms with Crippen LogP contribution in [-0.4, -0.2) is 22.3 Å². The minimum absolute atomic E-state index is 0.0137. The largest absolute Gasteiger partial charge is 0.454 e. The summed E-state index contributed by atoms with van der Waals surface area (Å²) >= 11 is 3.38. The van der Waals surface area contributed by atoms with E-state index in [1.54, 1.807) is 24.3 Å². The fourth-order valence-electron chi connectivity index (χ4n) is 2.95. The van der Waals surface area contributed by atoms with Crippen LogP contribution < -0.4 is 26.0 Å². The van der Waals surface area contributed by atoms with E-state index in [2.05, 4.69) is 26.2 Å². The van der Waals surface area contributed by atoms with Crippen LogP contribution in [-0.2, 0) is 6.54 Å². The van der Waals surface area contributed by atoms with Crippen molar-refractivity contribution in [3.8, 4) is 11.5 Å². The number of H-pyrrole nitrogens is 1. The van der Waals surface area contributed by atoms with Gasteiger partial charge in [-0.25, -0.2) is 4.79 Å². The second-order valence-electron chi connectivity index (χ2n) is 6.52. The highest BCUT2D eigenvalue weighted by Gasteiger charge is 2.18. The first-order valence-electron chi connectivity index (χ1n) is 8.71. The maximum atomic E-state index is 12.8. The number of amides is 1. The Balaban J connectivity index is 1.63. The number of anilines is 1. The summed E-state index contributed by atoms with van der Waals surface area (Å²) in [6.07, 6.45) is 1.12. The maximum Gasteiger partial charge on any atom is 0.328 e. The number of benzene rings is 2. The highest BCUT2D eigenvalue weighted by molar-refractivity contribution is 9.10. The summed E-state index contributed by atoms with van der Waals surface area (Å²) < 4.78 is 12.2. The standard InChI is InChI=1S/C20H16BrN3O5/c1-11-2-4-15(14(21)6-11)23-18(25)13-8-22-20(27)24(19(13)26)9-12-3-5-16-17(7-12)29-10-28-16/h2-8H,9-10H2,1H3,(H,22,27)(H,23,25). The third-order valence-corrected chi connectivity index (χ3v) is 5.11. The quantitative estimate of drug-likeness (QED) is 0.626. The maximum absolute atomic E-state index is 12.8. The molecule has 0 fully saturated rings. The number of carbonyl (C=O) groups excluding carboxylic acids is 1. The summed E-state index contributed by atoms with van der Waals surface area (Å²) in [7, 11) is 0. The molecule has 1 amide bonds. The highest BCUT2D eigenvalue weighted by Crippen LogP contribution is 2.32. The molecule has 0 atom stereocenters. The number of carbonyl (C=O) groups is 1. The minimum atomic E-state index is -0.688. The van der Waals surface area contributed by atoms with Crippen molar-refractivity contribution in [2.45, 2.75) is 13.5 Å². The van der Waals surface area contributed by atoms with Crippen LogP contribution in [0.1, 0.15) is 21.5 Å². The van der Waals surface area contributed by atoms with Crippen molar-refractivity contribution >= 4 is 27.5 Å². The number of hydrogen-bond donors (Lipinski definition) is 2. The SMILES string of the molecule is Cc1ccc(NC(=O)c2c[nH]c(=O)n(Cc3ccc4c(c3)OCO4)c2=O)c(Br)c1. The topological polar surface area (TPSA) is 102 Å². The Hall–Kier alpha value is -3.33. The fourth-order valence-corrected chi connectivity index (χ4v) is 3.54. The molecule has 8 nitrogen and oxygen atoms in total. The molecule has 1 aromatic heterocycles. The summed E-state index contributed by atoms with van der Waals surface area (Å²) in [5, 5.41) is 2.68. The summed E-state index contributed by atoms with van der Waals surface area (Å²) in [5.41, 5.74) is 0.741. The minimum Gasteiger partial charge on any atom is -0.454 e. The molecule has 0 unspecified atom stereocenters. The first-order chi connectivity index (χ1) is 13.9. The fraction of sp³-hybridized carbons (Fsp3) is 0.150. The Kier molecular flexibility index (Phi) is 4.98. The smallest absolute Gasteiger partial charge is 0.328 e. The zero-order chi connectivity index (χ0) is 20.5. The molecule has 0 saturated carbocycles. The lowest BCUT2D eigenvalue weighted by molar-refractivity contribution is 0.102. The third kappa shape index (κ3) is 3.81. The van der Waals surface area contributed by atoms with E-state index in [0.717, 1.165) is 16.3 Å². The number of ether oxygens (including phenoxy) is 2. The summed E-state index contributed by atoms with van der Waals surface area (Å²) in [5.74, 6) is 0.534. The van der Waals surface area contributed by atoms with Crippen LogP contribution in [0.4, 0.5) is 5.69 Å². The second kappa shape index (κ2) is 7.59. The van der Waals surface area contributed by atoms with Gasteiger partial charge in [0.25, 0.3) is 11.5 Å². The zero-order valence-corrected chi connectivity index (χ0v) is 16.9. The number of rotatable bonds is 4. The summed E-state index contributed by atoms with van der Waals surface area (Å²) in [4.78, 5) is 40.1. The van der Waals surface area contributed by atoms with E-state index >= 15 is 0 Å². The monoisotopic (exact) mass is 457 g/mol. The molecule has 1 aliphatic heterocycles. The van der Waals surface area contributed by atoms with E-state index in [9.17, 15) is 14.4 Å². The van der Waals surface area contributed by atoms with Crippen LogP contribution in [0.15, 0.2) is 56.7 Å². The van der Waals surface area contributed by atoms with Gasteiger partial charge < -0.3 is 19.8 Å². The number of aryl methyl sites for hydroxylation is 1. The van der Waals surface area contributed by atoms with Gasteiger partial charge in [-0.1, -0.05) is 12.1 Å².